The number of carboxylic acid groups (broad SMARTS) is 2. The highest BCUT2D eigenvalue weighted by atomic mass is 19.1. The molecule has 1 heterocycles. The van der Waals surface area contributed by atoms with E-state index in [9.17, 15) is 19.1 Å². The second-order valence-corrected chi connectivity index (χ2v) is 4.24. The van der Waals surface area contributed by atoms with E-state index in [0.717, 1.165) is 0 Å². The van der Waals surface area contributed by atoms with Gasteiger partial charge in [-0.2, -0.15) is 0 Å². The van der Waals surface area contributed by atoms with Gasteiger partial charge in [-0.15, -0.1) is 0 Å². The van der Waals surface area contributed by atoms with Gasteiger partial charge < -0.3 is 14.8 Å². The van der Waals surface area contributed by atoms with Crippen LogP contribution in [0.5, 0.6) is 0 Å². The summed E-state index contributed by atoms with van der Waals surface area (Å²) in [5.74, 6) is -2.62. The van der Waals surface area contributed by atoms with Gasteiger partial charge in [0.1, 0.15) is 11.5 Å². The van der Waals surface area contributed by atoms with Gasteiger partial charge in [-0.1, -0.05) is 0 Å². The highest BCUT2D eigenvalue weighted by Gasteiger charge is 2.20. The van der Waals surface area contributed by atoms with E-state index in [1.54, 1.807) is 6.92 Å². The van der Waals surface area contributed by atoms with Gasteiger partial charge >= 0.3 is 11.9 Å². The first-order valence-corrected chi connectivity index (χ1v) is 5.65. The number of carbonyl (C=O) groups is 2. The molecule has 0 unspecified atom stereocenters. The molecule has 0 fully saturated rings. The zero-order valence-electron chi connectivity index (χ0n) is 10.2. The van der Waals surface area contributed by atoms with Crippen molar-refractivity contribution in [2.45, 2.75) is 19.9 Å². The fourth-order valence-electron chi connectivity index (χ4n) is 2.21. The van der Waals surface area contributed by atoms with Gasteiger partial charge in [0.15, 0.2) is 0 Å². The standard InChI is InChI=1S/C13H12FNO4/c1-7-9-6-8(14)2-3-10(9)15(5-4-11(16)17)12(7)13(18)19/h2-3,6H,4-5H2,1H3,(H,16,17)(H,18,19). The Morgan fingerprint density at radius 1 is 1.32 bits per heavy atom. The van der Waals surface area contributed by atoms with Crippen molar-refractivity contribution in [1.29, 1.82) is 0 Å². The van der Waals surface area contributed by atoms with Crippen molar-refractivity contribution >= 4 is 22.8 Å². The number of nitrogens with zero attached hydrogens (tertiary/aromatic N) is 1. The molecule has 0 aliphatic heterocycles. The molecule has 0 atom stereocenters. The third-order valence-electron chi connectivity index (χ3n) is 3.03. The molecule has 5 nitrogen and oxygen atoms in total. The van der Waals surface area contributed by atoms with Crippen molar-refractivity contribution in [1.82, 2.24) is 4.57 Å². The molecule has 19 heavy (non-hydrogen) atoms. The van der Waals surface area contributed by atoms with Gasteiger partial charge in [-0.3, -0.25) is 4.79 Å². The minimum atomic E-state index is -1.15. The number of aliphatic carboxylic acids is 1. The number of aromatic nitrogens is 1. The van der Waals surface area contributed by atoms with Gasteiger partial charge in [0.05, 0.1) is 6.42 Å². The Labute approximate surface area is 107 Å². The van der Waals surface area contributed by atoms with Crippen LogP contribution in [0.3, 0.4) is 0 Å². The molecule has 100 valence electrons. The van der Waals surface area contributed by atoms with Crippen molar-refractivity contribution < 1.29 is 24.2 Å². The van der Waals surface area contributed by atoms with Crippen LogP contribution >= 0.6 is 0 Å². The van der Waals surface area contributed by atoms with Gasteiger partial charge in [0.25, 0.3) is 0 Å². The Balaban J connectivity index is 2.67. The van der Waals surface area contributed by atoms with E-state index < -0.39 is 17.8 Å². The molecule has 2 rings (SSSR count). The lowest BCUT2D eigenvalue weighted by Crippen LogP contribution is -2.12. The van der Waals surface area contributed by atoms with Gasteiger partial charge in [0.2, 0.25) is 0 Å². The molecule has 0 bridgehead atoms. The lowest BCUT2D eigenvalue weighted by Gasteiger charge is -2.06. The molecule has 1 aromatic carbocycles. The molecule has 0 aliphatic rings. The Bertz CT molecular complexity index is 675. The molecule has 0 radical (unpaired) electrons. The number of rotatable bonds is 4. The lowest BCUT2D eigenvalue weighted by atomic mass is 10.1. The van der Waals surface area contributed by atoms with Crippen LogP contribution < -0.4 is 0 Å². The summed E-state index contributed by atoms with van der Waals surface area (Å²) in [6, 6.07) is 3.95. The molecular weight excluding hydrogens is 253 g/mol. The second kappa shape index (κ2) is 4.72. The zero-order chi connectivity index (χ0) is 14.2. The van der Waals surface area contributed by atoms with Crippen LogP contribution in [0.25, 0.3) is 10.9 Å². The lowest BCUT2D eigenvalue weighted by molar-refractivity contribution is -0.137. The first-order valence-electron chi connectivity index (χ1n) is 5.65. The predicted molar refractivity (Wildman–Crippen MR) is 65.8 cm³/mol. The normalized spacial score (nSPS) is 10.8. The summed E-state index contributed by atoms with van der Waals surface area (Å²) >= 11 is 0. The highest BCUT2D eigenvalue weighted by molar-refractivity contribution is 5.98. The largest absolute Gasteiger partial charge is 0.481 e. The van der Waals surface area contributed by atoms with E-state index in [-0.39, 0.29) is 18.7 Å². The zero-order valence-corrected chi connectivity index (χ0v) is 10.2. The first-order chi connectivity index (χ1) is 8.91. The Kier molecular flexibility index (Phi) is 3.25. The molecule has 2 N–H and O–H groups in total. The van der Waals surface area contributed by atoms with Crippen LogP contribution in [-0.2, 0) is 11.3 Å². The average Bonchev–Trinajstić information content (AvgIpc) is 2.59. The number of hydrogen-bond acceptors (Lipinski definition) is 2. The van der Waals surface area contributed by atoms with E-state index in [4.69, 9.17) is 5.11 Å². The van der Waals surface area contributed by atoms with Crippen LogP contribution in [-0.4, -0.2) is 26.7 Å². The molecule has 1 aromatic heterocycles. The van der Waals surface area contributed by atoms with E-state index in [1.807, 2.05) is 0 Å². The topological polar surface area (TPSA) is 79.5 Å². The summed E-state index contributed by atoms with van der Waals surface area (Å²) in [5, 5.41) is 18.4. The SMILES string of the molecule is Cc1c(C(=O)O)n(CCC(=O)O)c2ccc(F)cc12. The van der Waals surface area contributed by atoms with Crippen molar-refractivity contribution in [3.8, 4) is 0 Å². The summed E-state index contributed by atoms with van der Waals surface area (Å²) in [6.07, 6.45) is -0.194. The molecule has 2 aromatic rings. The van der Waals surface area contributed by atoms with Crippen molar-refractivity contribution in [3.05, 3.63) is 35.3 Å². The maximum Gasteiger partial charge on any atom is 0.352 e. The molecule has 0 saturated carbocycles. The maximum atomic E-state index is 13.2. The third kappa shape index (κ3) is 2.29. The van der Waals surface area contributed by atoms with Crippen LogP contribution in [0.2, 0.25) is 0 Å². The van der Waals surface area contributed by atoms with Crippen LogP contribution in [0.4, 0.5) is 4.39 Å². The van der Waals surface area contributed by atoms with Crippen molar-refractivity contribution in [2.24, 2.45) is 0 Å². The Morgan fingerprint density at radius 2 is 2.00 bits per heavy atom. The minimum absolute atomic E-state index is 0.00171. The molecule has 0 spiro atoms. The van der Waals surface area contributed by atoms with E-state index in [1.165, 1.54) is 22.8 Å². The third-order valence-corrected chi connectivity index (χ3v) is 3.03. The Hall–Kier alpha value is -2.37. The van der Waals surface area contributed by atoms with Crippen molar-refractivity contribution in [2.75, 3.05) is 0 Å². The molecule has 0 amide bonds. The van der Waals surface area contributed by atoms with Crippen LogP contribution in [0.15, 0.2) is 18.2 Å². The number of hydrogen-bond donors (Lipinski definition) is 2. The fourth-order valence-corrected chi connectivity index (χ4v) is 2.21. The monoisotopic (exact) mass is 265 g/mol. The summed E-state index contributed by atoms with van der Waals surface area (Å²) < 4.78 is 14.6. The summed E-state index contributed by atoms with van der Waals surface area (Å²) in [6.45, 7) is 1.62. The smallest absolute Gasteiger partial charge is 0.352 e. The fraction of sp³-hybridized carbons (Fsp3) is 0.231. The van der Waals surface area contributed by atoms with E-state index >= 15 is 0 Å². The molecule has 6 heteroatoms. The summed E-state index contributed by atoms with van der Waals surface area (Å²) in [4.78, 5) is 21.9. The summed E-state index contributed by atoms with van der Waals surface area (Å²) in [7, 11) is 0. The number of halogens is 1. The van der Waals surface area contributed by atoms with Crippen LogP contribution in [0.1, 0.15) is 22.5 Å². The number of aromatic carboxylic acids is 1. The van der Waals surface area contributed by atoms with Gasteiger partial charge in [0, 0.05) is 17.4 Å². The van der Waals surface area contributed by atoms with Gasteiger partial charge in [-0.25, -0.2) is 9.18 Å². The van der Waals surface area contributed by atoms with Crippen molar-refractivity contribution in [3.63, 3.8) is 0 Å². The van der Waals surface area contributed by atoms with Gasteiger partial charge in [-0.05, 0) is 30.7 Å². The van der Waals surface area contributed by atoms with E-state index in [0.29, 0.717) is 16.5 Å². The summed E-state index contributed by atoms with van der Waals surface area (Å²) in [5.41, 5.74) is 0.965. The predicted octanol–water partition coefficient (Wildman–Crippen LogP) is 2.26. The molecule has 0 saturated heterocycles. The minimum Gasteiger partial charge on any atom is -0.481 e. The first kappa shape index (κ1) is 13.1. The molecular formula is C13H12FNO4. The van der Waals surface area contributed by atoms with E-state index in [2.05, 4.69) is 0 Å². The Morgan fingerprint density at radius 3 is 2.58 bits per heavy atom. The second-order valence-electron chi connectivity index (χ2n) is 4.24. The number of fused-ring (bicyclic) bond motifs is 1. The number of benzene rings is 1. The molecule has 0 aliphatic carbocycles. The van der Waals surface area contributed by atoms with Crippen LogP contribution in [0, 0.1) is 12.7 Å². The number of aryl methyl sites for hydroxylation is 2. The number of carboxylic acids is 2. The maximum absolute atomic E-state index is 13.2. The average molecular weight is 265 g/mol. The quantitative estimate of drug-likeness (QED) is 0.888. The highest BCUT2D eigenvalue weighted by Crippen LogP contribution is 2.26.